The van der Waals surface area contributed by atoms with E-state index in [9.17, 15) is 9.59 Å². The second kappa shape index (κ2) is 9.59. The lowest BCUT2D eigenvalue weighted by Gasteiger charge is -2.39. The summed E-state index contributed by atoms with van der Waals surface area (Å²) in [6.45, 7) is 0.998. The number of fused-ring (bicyclic) bond motifs is 1. The van der Waals surface area contributed by atoms with E-state index in [1.807, 2.05) is 34.8 Å². The van der Waals surface area contributed by atoms with Crippen LogP contribution in [0.15, 0.2) is 61.1 Å². The molecule has 0 unspecified atom stereocenters. The first-order valence-electron chi connectivity index (χ1n) is 12.6. The highest BCUT2D eigenvalue weighted by Crippen LogP contribution is 2.41. The van der Waals surface area contributed by atoms with Gasteiger partial charge in [0.25, 0.3) is 11.8 Å². The Morgan fingerprint density at radius 3 is 2.62 bits per heavy atom. The van der Waals surface area contributed by atoms with E-state index in [1.54, 1.807) is 30.7 Å². The van der Waals surface area contributed by atoms with Crippen molar-refractivity contribution in [3.63, 3.8) is 0 Å². The Kier molecular flexibility index (Phi) is 6.12. The van der Waals surface area contributed by atoms with E-state index in [4.69, 9.17) is 11.6 Å². The van der Waals surface area contributed by atoms with E-state index < -0.39 is 0 Å². The average Bonchev–Trinajstić information content (AvgIpc) is 3.69. The first-order chi connectivity index (χ1) is 18.0. The Bertz CT molecular complexity index is 1480. The topological polar surface area (TPSA) is 93.0 Å². The molecule has 0 spiro atoms. The summed E-state index contributed by atoms with van der Waals surface area (Å²) in [4.78, 5) is 37.4. The number of rotatable bonds is 5. The van der Waals surface area contributed by atoms with E-state index in [2.05, 4.69) is 32.5 Å². The van der Waals surface area contributed by atoms with Gasteiger partial charge in [0.2, 0.25) is 0 Å². The SMILES string of the molecule is Cn1ncc(C(=O)N[C@@H]2CCN(C(=O)c3cc(Cl)c4nccnc4c3)C[C@@H]2c2ccccc2)c1C1CC1. The van der Waals surface area contributed by atoms with Crippen molar-refractivity contribution in [3.8, 4) is 0 Å². The molecule has 4 aromatic rings. The van der Waals surface area contributed by atoms with Crippen molar-refractivity contribution >= 4 is 34.4 Å². The standard InChI is InChI=1S/C28H27ClN6O2/c1-34-26(18-7-8-18)20(15-32-34)27(36)33-23-9-12-35(16-21(23)17-5-3-2-4-6-17)28(37)19-13-22(29)25-24(14-19)30-10-11-31-25/h2-6,10-11,13-15,18,21,23H,7-9,12,16H2,1H3,(H,33,36)/t21-,23-/m1/s1. The molecule has 3 heterocycles. The van der Waals surface area contributed by atoms with E-state index in [-0.39, 0.29) is 23.8 Å². The predicted molar refractivity (Wildman–Crippen MR) is 141 cm³/mol. The lowest BCUT2D eigenvalue weighted by molar-refractivity contribution is 0.0671. The minimum absolute atomic E-state index is 0.0559. The molecule has 2 atom stereocenters. The number of amides is 2. The average molecular weight is 515 g/mol. The molecule has 0 radical (unpaired) electrons. The molecule has 1 saturated carbocycles. The summed E-state index contributed by atoms with van der Waals surface area (Å²) in [7, 11) is 1.89. The molecule has 2 amide bonds. The van der Waals surface area contributed by atoms with Crippen LogP contribution in [-0.4, -0.2) is 55.6 Å². The summed E-state index contributed by atoms with van der Waals surface area (Å²) >= 11 is 6.42. The van der Waals surface area contributed by atoms with Gasteiger partial charge >= 0.3 is 0 Å². The smallest absolute Gasteiger partial charge is 0.255 e. The van der Waals surface area contributed by atoms with Crippen LogP contribution < -0.4 is 5.32 Å². The molecule has 9 heteroatoms. The number of nitrogens with one attached hydrogen (secondary N) is 1. The molecule has 2 aromatic carbocycles. The highest BCUT2D eigenvalue weighted by Gasteiger charge is 2.36. The van der Waals surface area contributed by atoms with Crippen LogP contribution in [0.4, 0.5) is 0 Å². The van der Waals surface area contributed by atoms with Crippen LogP contribution in [0.1, 0.15) is 63.1 Å². The zero-order valence-electron chi connectivity index (χ0n) is 20.5. The third kappa shape index (κ3) is 4.57. The Hall–Kier alpha value is -3.78. The number of hydrogen-bond donors (Lipinski definition) is 1. The number of aromatic nitrogens is 4. The van der Waals surface area contributed by atoms with Crippen LogP contribution >= 0.6 is 11.6 Å². The Morgan fingerprint density at radius 2 is 1.84 bits per heavy atom. The quantitative estimate of drug-likeness (QED) is 0.428. The number of likely N-dealkylation sites (tertiary alicyclic amines) is 1. The molecule has 1 aliphatic carbocycles. The number of carbonyl (C=O) groups is 2. The van der Waals surface area contributed by atoms with Gasteiger partial charge in [-0.15, -0.1) is 0 Å². The minimum Gasteiger partial charge on any atom is -0.348 e. The van der Waals surface area contributed by atoms with Gasteiger partial charge in [0, 0.05) is 56.0 Å². The van der Waals surface area contributed by atoms with Gasteiger partial charge in [-0.3, -0.25) is 24.2 Å². The summed E-state index contributed by atoms with van der Waals surface area (Å²) in [6.07, 6.45) is 7.67. The second-order valence-electron chi connectivity index (χ2n) is 9.86. The van der Waals surface area contributed by atoms with Crippen molar-refractivity contribution < 1.29 is 9.59 Å². The molecular formula is C28H27ClN6O2. The molecule has 37 heavy (non-hydrogen) atoms. The largest absolute Gasteiger partial charge is 0.348 e. The van der Waals surface area contributed by atoms with E-state index >= 15 is 0 Å². The van der Waals surface area contributed by atoms with Crippen LogP contribution in [0.25, 0.3) is 11.0 Å². The summed E-state index contributed by atoms with van der Waals surface area (Å²) < 4.78 is 1.82. The summed E-state index contributed by atoms with van der Waals surface area (Å²) in [5, 5.41) is 8.03. The monoisotopic (exact) mass is 514 g/mol. The van der Waals surface area contributed by atoms with Crippen LogP contribution in [0.2, 0.25) is 5.02 Å². The Balaban J connectivity index is 1.25. The molecule has 6 rings (SSSR count). The van der Waals surface area contributed by atoms with Crippen LogP contribution in [0, 0.1) is 0 Å². The molecule has 1 aliphatic heterocycles. The van der Waals surface area contributed by atoms with Crippen molar-refractivity contribution in [1.82, 2.24) is 30.0 Å². The predicted octanol–water partition coefficient (Wildman–Crippen LogP) is 4.32. The van der Waals surface area contributed by atoms with Crippen molar-refractivity contribution in [2.24, 2.45) is 7.05 Å². The number of nitrogens with zero attached hydrogens (tertiary/aromatic N) is 5. The maximum Gasteiger partial charge on any atom is 0.255 e. The molecule has 8 nitrogen and oxygen atoms in total. The first kappa shape index (κ1) is 23.6. The fraction of sp³-hybridized carbons (Fsp3) is 0.321. The molecule has 1 N–H and O–H groups in total. The molecule has 2 fully saturated rings. The van der Waals surface area contributed by atoms with E-state index in [0.29, 0.717) is 52.6 Å². The zero-order chi connectivity index (χ0) is 25.5. The van der Waals surface area contributed by atoms with Gasteiger partial charge in [-0.1, -0.05) is 41.9 Å². The number of aryl methyl sites for hydroxylation is 1. The number of piperidine rings is 1. The molecule has 2 aromatic heterocycles. The number of hydrogen-bond acceptors (Lipinski definition) is 5. The summed E-state index contributed by atoms with van der Waals surface area (Å²) in [5.41, 5.74) is 4.39. The van der Waals surface area contributed by atoms with Crippen molar-refractivity contribution in [2.75, 3.05) is 13.1 Å². The third-order valence-corrected chi connectivity index (χ3v) is 7.70. The lowest BCUT2D eigenvalue weighted by Crippen LogP contribution is -2.51. The van der Waals surface area contributed by atoms with E-state index in [1.165, 1.54) is 0 Å². The minimum atomic E-state index is -0.114. The Labute approximate surface area is 219 Å². The fourth-order valence-electron chi connectivity index (χ4n) is 5.39. The fourth-order valence-corrected chi connectivity index (χ4v) is 5.66. The first-order valence-corrected chi connectivity index (χ1v) is 12.9. The van der Waals surface area contributed by atoms with Crippen molar-refractivity contribution in [3.05, 3.63) is 88.5 Å². The van der Waals surface area contributed by atoms with Crippen LogP contribution in [0.3, 0.4) is 0 Å². The molecular weight excluding hydrogens is 488 g/mol. The Morgan fingerprint density at radius 1 is 1.05 bits per heavy atom. The van der Waals surface area contributed by atoms with E-state index in [0.717, 1.165) is 24.1 Å². The van der Waals surface area contributed by atoms with Gasteiger partial charge in [0.15, 0.2) is 0 Å². The van der Waals surface area contributed by atoms with Crippen molar-refractivity contribution in [1.29, 1.82) is 0 Å². The normalized spacial score (nSPS) is 19.7. The van der Waals surface area contributed by atoms with Gasteiger partial charge in [0.1, 0.15) is 5.52 Å². The third-order valence-electron chi connectivity index (χ3n) is 7.41. The molecule has 188 valence electrons. The number of benzene rings is 2. The molecule has 1 saturated heterocycles. The maximum absolute atomic E-state index is 13.6. The zero-order valence-corrected chi connectivity index (χ0v) is 21.2. The number of carbonyl (C=O) groups excluding carboxylic acids is 2. The molecule has 0 bridgehead atoms. The number of halogens is 1. The van der Waals surface area contributed by atoms with Gasteiger partial charge in [-0.25, -0.2) is 0 Å². The van der Waals surface area contributed by atoms with Gasteiger partial charge < -0.3 is 10.2 Å². The highest BCUT2D eigenvalue weighted by atomic mass is 35.5. The summed E-state index contributed by atoms with van der Waals surface area (Å²) in [6, 6.07) is 13.3. The van der Waals surface area contributed by atoms with Gasteiger partial charge in [0.05, 0.1) is 28.0 Å². The second-order valence-corrected chi connectivity index (χ2v) is 10.3. The lowest BCUT2D eigenvalue weighted by atomic mass is 9.85. The van der Waals surface area contributed by atoms with Crippen LogP contribution in [-0.2, 0) is 7.05 Å². The van der Waals surface area contributed by atoms with Gasteiger partial charge in [-0.05, 0) is 37.0 Å². The molecule has 2 aliphatic rings. The maximum atomic E-state index is 13.6. The van der Waals surface area contributed by atoms with Crippen molar-refractivity contribution in [2.45, 2.75) is 37.1 Å². The summed E-state index contributed by atoms with van der Waals surface area (Å²) in [5.74, 6) is 0.153. The highest BCUT2D eigenvalue weighted by molar-refractivity contribution is 6.35. The van der Waals surface area contributed by atoms with Crippen LogP contribution in [0.5, 0.6) is 0 Å². The van der Waals surface area contributed by atoms with Gasteiger partial charge in [-0.2, -0.15) is 5.10 Å².